The number of aryl methyl sites for hydroxylation is 3. The van der Waals surface area contributed by atoms with E-state index in [2.05, 4.69) is 23.4 Å². The molecule has 96 valence electrons. The molecule has 1 heterocycles. The Morgan fingerprint density at radius 1 is 1.17 bits per heavy atom. The molecule has 2 aromatic rings. The molecule has 0 saturated carbocycles. The van der Waals surface area contributed by atoms with Crippen LogP contribution in [0, 0.1) is 20.8 Å². The molecule has 3 nitrogen and oxygen atoms in total. The fraction of sp³-hybridized carbons (Fsp3) is 0.357. The van der Waals surface area contributed by atoms with Crippen molar-refractivity contribution in [3.05, 3.63) is 52.4 Å². The van der Waals surface area contributed by atoms with E-state index < -0.39 is 10.8 Å². The Labute approximate surface area is 110 Å². The van der Waals surface area contributed by atoms with Crippen LogP contribution in [-0.4, -0.2) is 9.37 Å². The Morgan fingerprint density at radius 2 is 1.94 bits per heavy atom. The second-order valence-electron chi connectivity index (χ2n) is 4.59. The predicted octanol–water partition coefficient (Wildman–Crippen LogP) is 3.05. The number of hydrogen-bond acceptors (Lipinski definition) is 3. The van der Waals surface area contributed by atoms with Crippen molar-refractivity contribution in [2.24, 2.45) is 0 Å². The van der Waals surface area contributed by atoms with Gasteiger partial charge in [0.05, 0.1) is 11.4 Å². The van der Waals surface area contributed by atoms with Gasteiger partial charge in [0.15, 0.2) is 0 Å². The summed E-state index contributed by atoms with van der Waals surface area (Å²) in [7, 11) is -0.961. The van der Waals surface area contributed by atoms with Crippen LogP contribution < -0.4 is 0 Å². The lowest BCUT2D eigenvalue weighted by molar-refractivity contribution is 0.390. The van der Waals surface area contributed by atoms with Gasteiger partial charge in [0, 0.05) is 22.6 Å². The summed E-state index contributed by atoms with van der Waals surface area (Å²) in [5.74, 6) is 1.68. The Balaban J connectivity index is 2.05. The van der Waals surface area contributed by atoms with Gasteiger partial charge in [-0.2, -0.15) is 0 Å². The predicted molar refractivity (Wildman–Crippen MR) is 72.7 cm³/mol. The Bertz CT molecular complexity index is 575. The van der Waals surface area contributed by atoms with E-state index in [1.807, 2.05) is 26.8 Å². The minimum absolute atomic E-state index is 0.425. The van der Waals surface area contributed by atoms with E-state index >= 15 is 0 Å². The summed E-state index contributed by atoms with van der Waals surface area (Å²) >= 11 is 0. The van der Waals surface area contributed by atoms with E-state index in [0.29, 0.717) is 17.3 Å². The normalized spacial score (nSPS) is 12.6. The van der Waals surface area contributed by atoms with Gasteiger partial charge in [-0.25, -0.2) is 0 Å². The van der Waals surface area contributed by atoms with Crippen molar-refractivity contribution < 1.29 is 8.73 Å². The minimum atomic E-state index is -0.961. The van der Waals surface area contributed by atoms with Gasteiger partial charge in [-0.15, -0.1) is 0 Å². The van der Waals surface area contributed by atoms with Crippen molar-refractivity contribution in [2.45, 2.75) is 32.3 Å². The Morgan fingerprint density at radius 3 is 2.61 bits per heavy atom. The number of aromatic nitrogens is 1. The van der Waals surface area contributed by atoms with E-state index in [1.165, 1.54) is 11.1 Å². The highest BCUT2D eigenvalue weighted by Crippen LogP contribution is 2.15. The van der Waals surface area contributed by atoms with Crippen molar-refractivity contribution in [2.75, 3.05) is 0 Å². The molecule has 0 bridgehead atoms. The summed E-state index contributed by atoms with van der Waals surface area (Å²) in [5, 5.41) is 3.80. The summed E-state index contributed by atoms with van der Waals surface area (Å²) < 4.78 is 17.2. The first kappa shape index (κ1) is 13.0. The summed E-state index contributed by atoms with van der Waals surface area (Å²) in [6, 6.07) is 8.07. The van der Waals surface area contributed by atoms with Crippen LogP contribution in [0.4, 0.5) is 0 Å². The standard InChI is InChI=1S/C14H17NO2S/c1-10-4-5-11(2)13(6-10)8-18(16)9-14-7-12(3)15-17-14/h4-7H,8-9H2,1-3H3/t18-/m1/s1. The van der Waals surface area contributed by atoms with Crippen molar-refractivity contribution in [1.82, 2.24) is 5.16 Å². The third-order valence-corrected chi connectivity index (χ3v) is 4.04. The topological polar surface area (TPSA) is 43.1 Å². The van der Waals surface area contributed by atoms with Gasteiger partial charge in [0.1, 0.15) is 5.76 Å². The number of hydrogen-bond donors (Lipinski definition) is 0. The van der Waals surface area contributed by atoms with Crippen molar-refractivity contribution >= 4 is 10.8 Å². The van der Waals surface area contributed by atoms with Crippen LogP contribution in [0.2, 0.25) is 0 Å². The number of rotatable bonds is 4. The van der Waals surface area contributed by atoms with Gasteiger partial charge in [-0.05, 0) is 31.9 Å². The maximum atomic E-state index is 12.1. The lowest BCUT2D eigenvalue weighted by Crippen LogP contribution is -2.01. The van der Waals surface area contributed by atoms with E-state index in [9.17, 15) is 4.21 Å². The molecule has 0 amide bonds. The molecule has 0 spiro atoms. The van der Waals surface area contributed by atoms with Crippen LogP contribution >= 0.6 is 0 Å². The van der Waals surface area contributed by atoms with Crippen molar-refractivity contribution in [3.63, 3.8) is 0 Å². The highest BCUT2D eigenvalue weighted by Gasteiger charge is 2.09. The SMILES string of the molecule is Cc1ccc(C)c(C[S@@](=O)Cc2cc(C)no2)c1. The molecule has 0 radical (unpaired) electrons. The van der Waals surface area contributed by atoms with Gasteiger partial charge in [-0.1, -0.05) is 28.9 Å². The molecule has 1 aromatic carbocycles. The number of benzene rings is 1. The lowest BCUT2D eigenvalue weighted by Gasteiger charge is -2.06. The van der Waals surface area contributed by atoms with Gasteiger partial charge in [-0.3, -0.25) is 4.21 Å². The maximum absolute atomic E-state index is 12.1. The fourth-order valence-corrected chi connectivity index (χ4v) is 3.04. The van der Waals surface area contributed by atoms with Gasteiger partial charge in [0.2, 0.25) is 0 Å². The quantitative estimate of drug-likeness (QED) is 0.851. The molecule has 0 N–H and O–H groups in total. The summed E-state index contributed by atoms with van der Waals surface area (Å²) in [6.45, 7) is 5.96. The lowest BCUT2D eigenvalue weighted by atomic mass is 10.1. The molecule has 0 unspecified atom stereocenters. The third-order valence-electron chi connectivity index (χ3n) is 2.80. The second kappa shape index (κ2) is 5.48. The summed E-state index contributed by atoms with van der Waals surface area (Å²) in [4.78, 5) is 0. The first-order valence-electron chi connectivity index (χ1n) is 5.88. The molecule has 0 aliphatic heterocycles. The highest BCUT2D eigenvalue weighted by atomic mass is 32.2. The summed E-state index contributed by atoms with van der Waals surface area (Å²) in [5.41, 5.74) is 4.35. The molecule has 0 aliphatic carbocycles. The van der Waals surface area contributed by atoms with Crippen LogP contribution in [0.1, 0.15) is 28.1 Å². The zero-order chi connectivity index (χ0) is 13.1. The second-order valence-corrected chi connectivity index (χ2v) is 6.05. The number of nitrogens with zero attached hydrogens (tertiary/aromatic N) is 1. The van der Waals surface area contributed by atoms with Gasteiger partial charge in [0.25, 0.3) is 0 Å². The van der Waals surface area contributed by atoms with E-state index in [4.69, 9.17) is 4.52 Å². The van der Waals surface area contributed by atoms with E-state index in [1.54, 1.807) is 0 Å². The molecule has 0 saturated heterocycles. The molecule has 18 heavy (non-hydrogen) atoms. The van der Waals surface area contributed by atoms with Crippen molar-refractivity contribution in [3.8, 4) is 0 Å². The van der Waals surface area contributed by atoms with Crippen molar-refractivity contribution in [1.29, 1.82) is 0 Å². The molecule has 4 heteroatoms. The third kappa shape index (κ3) is 3.29. The average Bonchev–Trinajstić information content (AvgIpc) is 2.69. The molecular weight excluding hydrogens is 246 g/mol. The largest absolute Gasteiger partial charge is 0.360 e. The first-order valence-corrected chi connectivity index (χ1v) is 7.36. The zero-order valence-corrected chi connectivity index (χ0v) is 11.7. The molecule has 0 fully saturated rings. The van der Waals surface area contributed by atoms with Crippen LogP contribution in [0.3, 0.4) is 0 Å². The van der Waals surface area contributed by atoms with Gasteiger partial charge < -0.3 is 4.52 Å². The molecular formula is C14H17NO2S. The van der Waals surface area contributed by atoms with Crippen LogP contribution in [0.25, 0.3) is 0 Å². The molecule has 1 atom stereocenters. The average molecular weight is 263 g/mol. The first-order chi connectivity index (χ1) is 8.54. The molecule has 1 aromatic heterocycles. The monoisotopic (exact) mass is 263 g/mol. The molecule has 0 aliphatic rings. The highest BCUT2D eigenvalue weighted by molar-refractivity contribution is 7.83. The van der Waals surface area contributed by atoms with Crippen LogP contribution in [0.15, 0.2) is 28.8 Å². The zero-order valence-electron chi connectivity index (χ0n) is 10.9. The Hall–Kier alpha value is -1.42. The smallest absolute Gasteiger partial charge is 0.149 e. The Kier molecular flexibility index (Phi) is 3.97. The van der Waals surface area contributed by atoms with E-state index in [0.717, 1.165) is 11.3 Å². The molecule has 2 rings (SSSR count). The fourth-order valence-electron chi connectivity index (χ4n) is 1.82. The van der Waals surface area contributed by atoms with Gasteiger partial charge >= 0.3 is 0 Å². The van der Waals surface area contributed by atoms with Crippen LogP contribution in [-0.2, 0) is 22.3 Å². The van der Waals surface area contributed by atoms with Crippen LogP contribution in [0.5, 0.6) is 0 Å². The maximum Gasteiger partial charge on any atom is 0.149 e. The minimum Gasteiger partial charge on any atom is -0.360 e. The van der Waals surface area contributed by atoms with E-state index in [-0.39, 0.29) is 0 Å². The summed E-state index contributed by atoms with van der Waals surface area (Å²) in [6.07, 6.45) is 0.